The molecule has 0 unspecified atom stereocenters. The van der Waals surface area contributed by atoms with E-state index in [1.807, 2.05) is 36.0 Å². The van der Waals surface area contributed by atoms with Crippen LogP contribution in [0.3, 0.4) is 0 Å². The van der Waals surface area contributed by atoms with Crippen molar-refractivity contribution < 1.29 is 4.74 Å². The molecule has 0 saturated carbocycles. The van der Waals surface area contributed by atoms with Gasteiger partial charge in [0.05, 0.1) is 6.61 Å². The van der Waals surface area contributed by atoms with Crippen LogP contribution in [-0.4, -0.2) is 21.4 Å². The van der Waals surface area contributed by atoms with Gasteiger partial charge in [0.15, 0.2) is 5.82 Å². The monoisotopic (exact) mass is 260 g/mol. The first-order chi connectivity index (χ1) is 9.06. The van der Waals surface area contributed by atoms with Crippen molar-refractivity contribution in [2.45, 2.75) is 26.2 Å². The second kappa shape index (κ2) is 5.73. The topological polar surface area (TPSA) is 66.0 Å². The molecule has 1 heterocycles. The first kappa shape index (κ1) is 13.4. The number of nitrogen functional groups attached to an aromatic ring is 1. The summed E-state index contributed by atoms with van der Waals surface area (Å²) in [6.45, 7) is 4.75. The maximum absolute atomic E-state index is 5.65. The molecule has 0 aliphatic rings. The Bertz CT molecular complexity index is 531. The third-order valence-electron chi connectivity index (χ3n) is 2.86. The van der Waals surface area contributed by atoms with Gasteiger partial charge in [0, 0.05) is 25.1 Å². The van der Waals surface area contributed by atoms with Gasteiger partial charge < -0.3 is 10.5 Å². The predicted molar refractivity (Wildman–Crippen MR) is 75.1 cm³/mol. The normalized spacial score (nSPS) is 10.9. The molecule has 0 aliphatic heterocycles. The van der Waals surface area contributed by atoms with Gasteiger partial charge in [-0.3, -0.25) is 4.68 Å². The van der Waals surface area contributed by atoms with Crippen LogP contribution in [0.15, 0.2) is 24.3 Å². The van der Waals surface area contributed by atoms with Crippen LogP contribution in [-0.2, 0) is 13.5 Å². The van der Waals surface area contributed by atoms with Crippen molar-refractivity contribution >= 4 is 5.69 Å². The zero-order chi connectivity index (χ0) is 13.8. The Kier molecular flexibility index (Phi) is 4.04. The molecule has 5 heteroatoms. The largest absolute Gasteiger partial charge is 0.493 e. The van der Waals surface area contributed by atoms with Crippen molar-refractivity contribution in [3.05, 3.63) is 35.9 Å². The molecule has 2 rings (SSSR count). The van der Waals surface area contributed by atoms with E-state index in [1.165, 1.54) is 0 Å². The molecule has 0 aliphatic carbocycles. The van der Waals surface area contributed by atoms with Gasteiger partial charge in [-0.2, -0.15) is 5.10 Å². The van der Waals surface area contributed by atoms with Gasteiger partial charge in [-0.05, 0) is 24.3 Å². The van der Waals surface area contributed by atoms with Gasteiger partial charge in [-0.15, -0.1) is 0 Å². The Labute approximate surface area is 113 Å². The molecule has 0 saturated heterocycles. The van der Waals surface area contributed by atoms with E-state index in [0.29, 0.717) is 12.5 Å². The summed E-state index contributed by atoms with van der Waals surface area (Å²) in [6.07, 6.45) is 0.737. The summed E-state index contributed by atoms with van der Waals surface area (Å²) in [5, 5.41) is 4.38. The summed E-state index contributed by atoms with van der Waals surface area (Å²) in [4.78, 5) is 4.51. The lowest BCUT2D eigenvalue weighted by Gasteiger charge is -2.05. The Hall–Kier alpha value is -2.04. The Morgan fingerprint density at radius 1 is 1.26 bits per heavy atom. The lowest BCUT2D eigenvalue weighted by Crippen LogP contribution is -2.07. The first-order valence-electron chi connectivity index (χ1n) is 6.44. The number of aromatic nitrogens is 3. The van der Waals surface area contributed by atoms with E-state index in [-0.39, 0.29) is 0 Å². The van der Waals surface area contributed by atoms with Crippen LogP contribution in [0.25, 0.3) is 0 Å². The van der Waals surface area contributed by atoms with E-state index in [0.717, 1.165) is 29.5 Å². The minimum absolute atomic E-state index is 0.345. The Morgan fingerprint density at radius 3 is 2.53 bits per heavy atom. The average molecular weight is 260 g/mol. The zero-order valence-corrected chi connectivity index (χ0v) is 11.6. The van der Waals surface area contributed by atoms with Crippen LogP contribution in [0, 0.1) is 0 Å². The molecule has 0 amide bonds. The molecular formula is C14H20N4O. The van der Waals surface area contributed by atoms with Crippen molar-refractivity contribution in [3.63, 3.8) is 0 Å². The van der Waals surface area contributed by atoms with Crippen LogP contribution < -0.4 is 10.5 Å². The van der Waals surface area contributed by atoms with Crippen LogP contribution in [0.2, 0.25) is 0 Å². The molecule has 2 aromatic rings. The molecular weight excluding hydrogens is 240 g/mol. The van der Waals surface area contributed by atoms with E-state index in [1.54, 1.807) is 0 Å². The second-order valence-corrected chi connectivity index (χ2v) is 4.83. The zero-order valence-electron chi connectivity index (χ0n) is 11.6. The molecule has 0 radical (unpaired) electrons. The number of anilines is 1. The maximum Gasteiger partial charge on any atom is 0.153 e. The van der Waals surface area contributed by atoms with Crippen molar-refractivity contribution in [3.8, 4) is 5.75 Å². The van der Waals surface area contributed by atoms with Crippen molar-refractivity contribution in [1.29, 1.82) is 0 Å². The fourth-order valence-electron chi connectivity index (χ4n) is 1.72. The number of rotatable bonds is 5. The average Bonchev–Trinajstić information content (AvgIpc) is 2.74. The van der Waals surface area contributed by atoms with Gasteiger partial charge in [-0.1, -0.05) is 13.8 Å². The second-order valence-electron chi connectivity index (χ2n) is 4.83. The van der Waals surface area contributed by atoms with E-state index >= 15 is 0 Å². The van der Waals surface area contributed by atoms with Gasteiger partial charge in [0.1, 0.15) is 11.6 Å². The molecule has 102 valence electrons. The van der Waals surface area contributed by atoms with Crippen molar-refractivity contribution in [1.82, 2.24) is 14.8 Å². The molecule has 0 spiro atoms. The highest BCUT2D eigenvalue weighted by Crippen LogP contribution is 2.14. The van der Waals surface area contributed by atoms with Gasteiger partial charge in [0.2, 0.25) is 0 Å². The summed E-state index contributed by atoms with van der Waals surface area (Å²) in [6, 6.07) is 7.39. The standard InChI is InChI=1S/C14H20N4O/c1-10(2)14-16-13(18(3)17-14)8-9-19-12-6-4-11(15)5-7-12/h4-7,10H,8-9,15H2,1-3H3. The highest BCUT2D eigenvalue weighted by atomic mass is 16.5. The summed E-state index contributed by atoms with van der Waals surface area (Å²) in [5.41, 5.74) is 6.36. The van der Waals surface area contributed by atoms with Gasteiger partial charge in [-0.25, -0.2) is 4.98 Å². The highest BCUT2D eigenvalue weighted by molar-refractivity contribution is 5.41. The third-order valence-corrected chi connectivity index (χ3v) is 2.86. The number of aryl methyl sites for hydroxylation is 1. The van der Waals surface area contributed by atoms with Gasteiger partial charge in [0.25, 0.3) is 0 Å². The fourth-order valence-corrected chi connectivity index (χ4v) is 1.72. The predicted octanol–water partition coefficient (Wildman–Crippen LogP) is 2.14. The summed E-state index contributed by atoms with van der Waals surface area (Å²) in [5.74, 6) is 2.99. The minimum atomic E-state index is 0.345. The van der Waals surface area contributed by atoms with Crippen molar-refractivity contribution in [2.75, 3.05) is 12.3 Å². The minimum Gasteiger partial charge on any atom is -0.493 e. The molecule has 0 fully saturated rings. The molecule has 1 aromatic carbocycles. The number of ether oxygens (including phenoxy) is 1. The number of benzene rings is 1. The van der Waals surface area contributed by atoms with Crippen LogP contribution >= 0.6 is 0 Å². The Balaban J connectivity index is 1.90. The fraction of sp³-hybridized carbons (Fsp3) is 0.429. The van der Waals surface area contributed by atoms with Gasteiger partial charge >= 0.3 is 0 Å². The molecule has 5 nitrogen and oxygen atoms in total. The number of hydrogen-bond donors (Lipinski definition) is 1. The first-order valence-corrected chi connectivity index (χ1v) is 6.44. The molecule has 19 heavy (non-hydrogen) atoms. The van der Waals surface area contributed by atoms with Crippen LogP contribution in [0.1, 0.15) is 31.4 Å². The molecule has 2 N–H and O–H groups in total. The van der Waals surface area contributed by atoms with Crippen LogP contribution in [0.4, 0.5) is 5.69 Å². The SMILES string of the molecule is CC(C)c1nc(CCOc2ccc(N)cc2)n(C)n1. The van der Waals surface area contributed by atoms with E-state index in [9.17, 15) is 0 Å². The summed E-state index contributed by atoms with van der Waals surface area (Å²) < 4.78 is 7.47. The molecule has 0 atom stereocenters. The van der Waals surface area contributed by atoms with Crippen LogP contribution in [0.5, 0.6) is 5.75 Å². The highest BCUT2D eigenvalue weighted by Gasteiger charge is 2.10. The lowest BCUT2D eigenvalue weighted by molar-refractivity contribution is 0.317. The summed E-state index contributed by atoms with van der Waals surface area (Å²) >= 11 is 0. The smallest absolute Gasteiger partial charge is 0.153 e. The lowest BCUT2D eigenvalue weighted by atomic mass is 10.2. The van der Waals surface area contributed by atoms with Crippen molar-refractivity contribution in [2.24, 2.45) is 7.05 Å². The van der Waals surface area contributed by atoms with E-state index in [4.69, 9.17) is 10.5 Å². The molecule has 0 bridgehead atoms. The Morgan fingerprint density at radius 2 is 1.95 bits per heavy atom. The number of hydrogen-bond acceptors (Lipinski definition) is 4. The number of nitrogens with zero attached hydrogens (tertiary/aromatic N) is 3. The molecule has 1 aromatic heterocycles. The van der Waals surface area contributed by atoms with E-state index < -0.39 is 0 Å². The maximum atomic E-state index is 5.65. The van der Waals surface area contributed by atoms with E-state index in [2.05, 4.69) is 23.9 Å². The summed E-state index contributed by atoms with van der Waals surface area (Å²) in [7, 11) is 1.91. The number of nitrogens with two attached hydrogens (primary N) is 1. The quantitative estimate of drug-likeness (QED) is 0.836. The third kappa shape index (κ3) is 3.47.